The van der Waals surface area contributed by atoms with Gasteiger partial charge in [0.15, 0.2) is 0 Å². The predicted molar refractivity (Wildman–Crippen MR) is 76.7 cm³/mol. The molecule has 4 heteroatoms. The zero-order valence-electron chi connectivity index (χ0n) is 11.3. The SMILES string of the molecule is CN(C)c1cccc(Oc2ccc(C#N)c(C#N)c2)c1. The smallest absolute Gasteiger partial charge is 0.129 e. The van der Waals surface area contributed by atoms with Crippen LogP contribution < -0.4 is 9.64 Å². The summed E-state index contributed by atoms with van der Waals surface area (Å²) in [5, 5.41) is 17.9. The molecule has 0 aromatic heterocycles. The van der Waals surface area contributed by atoms with Gasteiger partial charge in [0.2, 0.25) is 0 Å². The Morgan fingerprint density at radius 1 is 0.900 bits per heavy atom. The quantitative estimate of drug-likeness (QED) is 0.852. The highest BCUT2D eigenvalue weighted by Crippen LogP contribution is 2.26. The van der Waals surface area contributed by atoms with Gasteiger partial charge in [0.05, 0.1) is 11.1 Å². The number of anilines is 1. The number of rotatable bonds is 3. The van der Waals surface area contributed by atoms with Crippen LogP contribution in [0.3, 0.4) is 0 Å². The minimum absolute atomic E-state index is 0.314. The zero-order chi connectivity index (χ0) is 14.5. The summed E-state index contributed by atoms with van der Waals surface area (Å²) in [6.45, 7) is 0. The first-order chi connectivity index (χ1) is 9.63. The van der Waals surface area contributed by atoms with Crippen molar-refractivity contribution in [3.05, 3.63) is 53.6 Å². The van der Waals surface area contributed by atoms with Gasteiger partial charge < -0.3 is 9.64 Å². The molecular weight excluding hydrogens is 250 g/mol. The Bertz CT molecular complexity index is 708. The van der Waals surface area contributed by atoms with E-state index in [1.807, 2.05) is 55.4 Å². The second-order valence-corrected chi connectivity index (χ2v) is 4.42. The minimum atomic E-state index is 0.314. The van der Waals surface area contributed by atoms with Crippen molar-refractivity contribution in [2.45, 2.75) is 0 Å². The molecule has 0 saturated carbocycles. The first kappa shape index (κ1) is 13.5. The van der Waals surface area contributed by atoms with Gasteiger partial charge in [0.1, 0.15) is 23.6 Å². The lowest BCUT2D eigenvalue weighted by atomic mass is 10.1. The molecule has 0 aliphatic carbocycles. The fourth-order valence-electron chi connectivity index (χ4n) is 1.74. The Kier molecular flexibility index (Phi) is 3.88. The number of benzene rings is 2. The van der Waals surface area contributed by atoms with Crippen molar-refractivity contribution >= 4 is 5.69 Å². The third-order valence-electron chi connectivity index (χ3n) is 2.80. The molecule has 20 heavy (non-hydrogen) atoms. The normalized spacial score (nSPS) is 9.40. The molecule has 0 spiro atoms. The Morgan fingerprint density at radius 2 is 1.60 bits per heavy atom. The van der Waals surface area contributed by atoms with Gasteiger partial charge in [-0.25, -0.2) is 0 Å². The fourth-order valence-corrected chi connectivity index (χ4v) is 1.74. The Labute approximate surface area is 118 Å². The van der Waals surface area contributed by atoms with Crippen LogP contribution in [-0.2, 0) is 0 Å². The first-order valence-corrected chi connectivity index (χ1v) is 6.03. The Morgan fingerprint density at radius 3 is 2.25 bits per heavy atom. The standard InChI is InChI=1S/C16H13N3O/c1-19(2)14-4-3-5-15(9-14)20-16-7-6-12(10-17)13(8-16)11-18/h3-9H,1-2H3. The van der Waals surface area contributed by atoms with E-state index in [1.54, 1.807) is 18.2 Å². The highest BCUT2D eigenvalue weighted by Gasteiger charge is 2.05. The molecule has 0 amide bonds. The summed E-state index contributed by atoms with van der Waals surface area (Å²) in [7, 11) is 3.91. The van der Waals surface area contributed by atoms with Crippen LogP contribution in [0, 0.1) is 22.7 Å². The van der Waals surface area contributed by atoms with Gasteiger partial charge in [-0.2, -0.15) is 10.5 Å². The molecule has 4 nitrogen and oxygen atoms in total. The maximum absolute atomic E-state index is 8.99. The molecule has 0 radical (unpaired) electrons. The topological polar surface area (TPSA) is 60.0 Å². The highest BCUT2D eigenvalue weighted by molar-refractivity contribution is 5.52. The average Bonchev–Trinajstić information content (AvgIpc) is 2.47. The van der Waals surface area contributed by atoms with Crippen molar-refractivity contribution in [1.29, 1.82) is 10.5 Å². The molecule has 0 heterocycles. The van der Waals surface area contributed by atoms with Crippen molar-refractivity contribution in [2.75, 3.05) is 19.0 Å². The van der Waals surface area contributed by atoms with Crippen LogP contribution in [0.5, 0.6) is 11.5 Å². The van der Waals surface area contributed by atoms with Crippen molar-refractivity contribution in [2.24, 2.45) is 0 Å². The molecule has 0 aliphatic rings. The average molecular weight is 263 g/mol. The molecule has 98 valence electrons. The summed E-state index contributed by atoms with van der Waals surface area (Å²) < 4.78 is 5.72. The van der Waals surface area contributed by atoms with E-state index in [1.165, 1.54) is 0 Å². The van der Waals surface area contributed by atoms with E-state index in [0.29, 0.717) is 22.6 Å². The molecule has 2 aromatic rings. The summed E-state index contributed by atoms with van der Waals surface area (Å²) >= 11 is 0. The molecule has 0 N–H and O–H groups in total. The van der Waals surface area contributed by atoms with Crippen molar-refractivity contribution in [3.63, 3.8) is 0 Å². The van der Waals surface area contributed by atoms with E-state index in [-0.39, 0.29) is 0 Å². The lowest BCUT2D eigenvalue weighted by Gasteiger charge is -2.14. The number of nitriles is 2. The maximum Gasteiger partial charge on any atom is 0.129 e. The van der Waals surface area contributed by atoms with Crippen LogP contribution in [0.1, 0.15) is 11.1 Å². The molecule has 0 unspecified atom stereocenters. The second kappa shape index (κ2) is 5.77. The lowest BCUT2D eigenvalue weighted by Crippen LogP contribution is -2.08. The van der Waals surface area contributed by atoms with Crippen molar-refractivity contribution < 1.29 is 4.74 Å². The third kappa shape index (κ3) is 2.88. The Balaban J connectivity index is 2.29. The summed E-state index contributed by atoms with van der Waals surface area (Å²) in [4.78, 5) is 1.98. The van der Waals surface area contributed by atoms with Gasteiger partial charge in [-0.1, -0.05) is 6.07 Å². The highest BCUT2D eigenvalue weighted by atomic mass is 16.5. The van der Waals surface area contributed by atoms with Gasteiger partial charge in [-0.15, -0.1) is 0 Å². The number of ether oxygens (including phenoxy) is 1. The van der Waals surface area contributed by atoms with Gasteiger partial charge in [-0.3, -0.25) is 0 Å². The molecule has 2 aromatic carbocycles. The second-order valence-electron chi connectivity index (χ2n) is 4.42. The van der Waals surface area contributed by atoms with Crippen molar-refractivity contribution in [1.82, 2.24) is 0 Å². The van der Waals surface area contributed by atoms with Crippen LogP contribution in [0.4, 0.5) is 5.69 Å². The van der Waals surface area contributed by atoms with E-state index < -0.39 is 0 Å². The minimum Gasteiger partial charge on any atom is -0.457 e. The summed E-state index contributed by atoms with van der Waals surface area (Å²) in [6, 6.07) is 16.4. The third-order valence-corrected chi connectivity index (χ3v) is 2.80. The maximum atomic E-state index is 8.99. The predicted octanol–water partition coefficient (Wildman–Crippen LogP) is 3.29. The van der Waals surface area contributed by atoms with Crippen LogP contribution in [0.25, 0.3) is 0 Å². The Hall–Kier alpha value is -2.98. The molecule has 0 atom stereocenters. The van der Waals surface area contributed by atoms with Crippen molar-refractivity contribution in [3.8, 4) is 23.6 Å². The van der Waals surface area contributed by atoms with Gasteiger partial charge in [-0.05, 0) is 30.3 Å². The monoisotopic (exact) mass is 263 g/mol. The number of hydrogen-bond donors (Lipinski definition) is 0. The largest absolute Gasteiger partial charge is 0.457 e. The van der Waals surface area contributed by atoms with Gasteiger partial charge in [0.25, 0.3) is 0 Å². The summed E-state index contributed by atoms with van der Waals surface area (Å²) in [5.41, 5.74) is 1.69. The van der Waals surface area contributed by atoms with Gasteiger partial charge in [0, 0.05) is 25.8 Å². The molecule has 0 aliphatic heterocycles. The number of nitrogens with zero attached hydrogens (tertiary/aromatic N) is 3. The molecule has 2 rings (SSSR count). The fraction of sp³-hybridized carbons (Fsp3) is 0.125. The zero-order valence-corrected chi connectivity index (χ0v) is 11.3. The van der Waals surface area contributed by atoms with Crippen LogP contribution in [-0.4, -0.2) is 14.1 Å². The van der Waals surface area contributed by atoms with E-state index in [0.717, 1.165) is 5.69 Å². The lowest BCUT2D eigenvalue weighted by molar-refractivity contribution is 0.482. The first-order valence-electron chi connectivity index (χ1n) is 6.03. The van der Waals surface area contributed by atoms with Crippen LogP contribution >= 0.6 is 0 Å². The summed E-state index contributed by atoms with van der Waals surface area (Å²) in [5.74, 6) is 1.22. The van der Waals surface area contributed by atoms with E-state index >= 15 is 0 Å². The summed E-state index contributed by atoms with van der Waals surface area (Å²) in [6.07, 6.45) is 0. The van der Waals surface area contributed by atoms with Crippen LogP contribution in [0.2, 0.25) is 0 Å². The van der Waals surface area contributed by atoms with E-state index in [9.17, 15) is 0 Å². The van der Waals surface area contributed by atoms with Gasteiger partial charge >= 0.3 is 0 Å². The van der Waals surface area contributed by atoms with E-state index in [4.69, 9.17) is 15.3 Å². The number of hydrogen-bond acceptors (Lipinski definition) is 4. The molecule has 0 saturated heterocycles. The molecule has 0 fully saturated rings. The molecular formula is C16H13N3O. The molecule has 0 bridgehead atoms. The van der Waals surface area contributed by atoms with Crippen LogP contribution in [0.15, 0.2) is 42.5 Å². The van der Waals surface area contributed by atoms with E-state index in [2.05, 4.69) is 0 Å².